The second-order valence-corrected chi connectivity index (χ2v) is 3.92. The predicted molar refractivity (Wildman–Crippen MR) is 73.0 cm³/mol. The smallest absolute Gasteiger partial charge is 0.131 e. The highest BCUT2D eigenvalue weighted by molar-refractivity contribution is 5.99. The fourth-order valence-electron chi connectivity index (χ4n) is 2.19. The lowest BCUT2D eigenvalue weighted by molar-refractivity contribution is 0.870. The van der Waals surface area contributed by atoms with Gasteiger partial charge in [0.1, 0.15) is 5.69 Å². The number of nitrogens with zero attached hydrogens (tertiary/aromatic N) is 2. The summed E-state index contributed by atoms with van der Waals surface area (Å²) in [4.78, 5) is 13.1. The summed E-state index contributed by atoms with van der Waals surface area (Å²) in [5.41, 5.74) is 1.47. The van der Waals surface area contributed by atoms with Crippen molar-refractivity contribution in [1.29, 1.82) is 0 Å². The molecule has 0 aliphatic carbocycles. The summed E-state index contributed by atoms with van der Waals surface area (Å²) in [7, 11) is 0. The van der Waals surface area contributed by atoms with E-state index in [-0.39, 0.29) is 0 Å². The molecule has 0 radical (unpaired) electrons. The van der Waals surface area contributed by atoms with Gasteiger partial charge < -0.3 is 4.90 Å². The molecule has 3 heteroatoms. The first-order valence-electron chi connectivity index (χ1n) is 5.91. The lowest BCUT2D eigenvalue weighted by atomic mass is 10.1. The number of anilines is 1. The Hall–Kier alpha value is -1.90. The van der Waals surface area contributed by atoms with Gasteiger partial charge in [0.05, 0.1) is 5.69 Å². The monoisotopic (exact) mass is 228 g/mol. The Morgan fingerprint density at radius 1 is 1.06 bits per heavy atom. The van der Waals surface area contributed by atoms with Crippen molar-refractivity contribution in [3.8, 4) is 0 Å². The van der Waals surface area contributed by atoms with E-state index < -0.39 is 0 Å². The summed E-state index contributed by atoms with van der Waals surface area (Å²) >= 11 is 0. The van der Waals surface area contributed by atoms with Gasteiger partial charge >= 0.3 is 0 Å². The Labute approximate surface area is 101 Å². The number of nitroso groups, excluding NO2 is 1. The van der Waals surface area contributed by atoms with Crippen molar-refractivity contribution >= 4 is 22.1 Å². The van der Waals surface area contributed by atoms with E-state index in [1.807, 2.05) is 24.3 Å². The zero-order valence-corrected chi connectivity index (χ0v) is 10.2. The van der Waals surface area contributed by atoms with Gasteiger partial charge in [-0.05, 0) is 30.5 Å². The predicted octanol–water partition coefficient (Wildman–Crippen LogP) is 4.08. The first-order valence-corrected chi connectivity index (χ1v) is 5.91. The molecule has 2 rings (SSSR count). The average molecular weight is 228 g/mol. The van der Waals surface area contributed by atoms with Crippen molar-refractivity contribution in [2.75, 3.05) is 18.0 Å². The van der Waals surface area contributed by atoms with Crippen molar-refractivity contribution in [3.63, 3.8) is 0 Å². The fraction of sp³-hybridized carbons (Fsp3) is 0.286. The second-order valence-electron chi connectivity index (χ2n) is 3.92. The molecule has 0 aromatic heterocycles. The molecule has 0 bridgehead atoms. The van der Waals surface area contributed by atoms with Crippen LogP contribution in [0.3, 0.4) is 0 Å². The van der Waals surface area contributed by atoms with Crippen LogP contribution in [-0.4, -0.2) is 13.1 Å². The van der Waals surface area contributed by atoms with Gasteiger partial charge in [-0.3, -0.25) is 0 Å². The maximum atomic E-state index is 10.9. The van der Waals surface area contributed by atoms with Crippen LogP contribution >= 0.6 is 0 Å². The molecule has 2 aromatic rings. The Bertz CT molecular complexity index is 533. The quantitative estimate of drug-likeness (QED) is 0.738. The molecule has 0 atom stereocenters. The first-order chi connectivity index (χ1) is 8.31. The molecule has 0 N–H and O–H groups in total. The van der Waals surface area contributed by atoms with Gasteiger partial charge in [-0.1, -0.05) is 30.3 Å². The van der Waals surface area contributed by atoms with E-state index in [1.54, 1.807) is 6.07 Å². The van der Waals surface area contributed by atoms with Crippen molar-refractivity contribution < 1.29 is 0 Å². The number of fused-ring (bicyclic) bond motifs is 1. The largest absolute Gasteiger partial charge is 0.370 e. The van der Waals surface area contributed by atoms with E-state index in [0.29, 0.717) is 5.69 Å². The van der Waals surface area contributed by atoms with Crippen LogP contribution in [0.4, 0.5) is 11.4 Å². The third-order valence-corrected chi connectivity index (χ3v) is 3.06. The highest BCUT2D eigenvalue weighted by Gasteiger charge is 2.12. The van der Waals surface area contributed by atoms with Gasteiger partial charge in [0.15, 0.2) is 0 Å². The molecule has 0 fully saturated rings. The standard InChI is InChI=1S/C14H16N2O/c1-3-16(4-2)14-12-8-6-5-7-11(12)9-10-13(14)15-17/h5-10H,3-4H2,1-2H3. The minimum Gasteiger partial charge on any atom is -0.370 e. The number of hydrogen-bond acceptors (Lipinski definition) is 3. The van der Waals surface area contributed by atoms with Crippen molar-refractivity contribution in [2.24, 2.45) is 5.18 Å². The van der Waals surface area contributed by atoms with Gasteiger partial charge in [0, 0.05) is 18.5 Å². The molecule has 0 saturated carbocycles. The lowest BCUT2D eigenvalue weighted by Gasteiger charge is -2.23. The summed E-state index contributed by atoms with van der Waals surface area (Å²) in [5.74, 6) is 0. The third kappa shape index (κ3) is 2.00. The van der Waals surface area contributed by atoms with Gasteiger partial charge in [-0.2, -0.15) is 0 Å². The minimum atomic E-state index is 0.521. The maximum Gasteiger partial charge on any atom is 0.131 e. The molecule has 88 valence electrons. The summed E-state index contributed by atoms with van der Waals surface area (Å²) in [6.07, 6.45) is 0. The molecule has 0 unspecified atom stereocenters. The summed E-state index contributed by atoms with van der Waals surface area (Å²) < 4.78 is 0. The fourth-order valence-corrected chi connectivity index (χ4v) is 2.19. The van der Waals surface area contributed by atoms with Crippen LogP contribution in [-0.2, 0) is 0 Å². The van der Waals surface area contributed by atoms with Crippen LogP contribution < -0.4 is 4.90 Å². The van der Waals surface area contributed by atoms with E-state index in [0.717, 1.165) is 29.5 Å². The SMILES string of the molecule is CCN(CC)c1c(N=O)ccc2ccccc12. The maximum absolute atomic E-state index is 10.9. The summed E-state index contributed by atoms with van der Waals surface area (Å²) in [5, 5.41) is 5.38. The zero-order chi connectivity index (χ0) is 12.3. The Kier molecular flexibility index (Phi) is 3.38. The Morgan fingerprint density at radius 3 is 2.41 bits per heavy atom. The zero-order valence-electron chi connectivity index (χ0n) is 10.2. The van der Waals surface area contributed by atoms with Crippen LogP contribution in [0.1, 0.15) is 13.8 Å². The highest BCUT2D eigenvalue weighted by atomic mass is 16.3. The van der Waals surface area contributed by atoms with E-state index in [9.17, 15) is 4.91 Å². The molecule has 0 amide bonds. The van der Waals surface area contributed by atoms with E-state index in [4.69, 9.17) is 0 Å². The molecule has 2 aromatic carbocycles. The molecule has 0 aliphatic rings. The molecule has 17 heavy (non-hydrogen) atoms. The molecular weight excluding hydrogens is 212 g/mol. The first kappa shape index (κ1) is 11.6. The van der Waals surface area contributed by atoms with Crippen LogP contribution in [0.25, 0.3) is 10.8 Å². The molecule has 0 saturated heterocycles. The Morgan fingerprint density at radius 2 is 1.76 bits per heavy atom. The molecule has 3 nitrogen and oxygen atoms in total. The van der Waals surface area contributed by atoms with E-state index in [2.05, 4.69) is 30.0 Å². The van der Waals surface area contributed by atoms with E-state index in [1.165, 1.54) is 0 Å². The third-order valence-electron chi connectivity index (χ3n) is 3.06. The van der Waals surface area contributed by atoms with E-state index >= 15 is 0 Å². The average Bonchev–Trinajstić information content (AvgIpc) is 2.40. The van der Waals surface area contributed by atoms with Crippen LogP contribution in [0.5, 0.6) is 0 Å². The molecular formula is C14H16N2O. The summed E-state index contributed by atoms with van der Waals surface area (Å²) in [6.45, 7) is 5.90. The Balaban J connectivity index is 2.74. The number of benzene rings is 2. The van der Waals surface area contributed by atoms with Gasteiger partial charge in [0.25, 0.3) is 0 Å². The number of rotatable bonds is 4. The van der Waals surface area contributed by atoms with Crippen LogP contribution in [0, 0.1) is 4.91 Å². The normalized spacial score (nSPS) is 10.5. The van der Waals surface area contributed by atoms with Gasteiger partial charge in [-0.25, -0.2) is 0 Å². The van der Waals surface area contributed by atoms with Crippen molar-refractivity contribution in [2.45, 2.75) is 13.8 Å². The summed E-state index contributed by atoms with van der Waals surface area (Å²) in [6, 6.07) is 11.8. The molecule has 0 spiro atoms. The molecule has 0 aliphatic heterocycles. The number of hydrogen-bond donors (Lipinski definition) is 0. The second kappa shape index (κ2) is 4.95. The highest BCUT2D eigenvalue weighted by Crippen LogP contribution is 2.36. The molecule has 0 heterocycles. The minimum absolute atomic E-state index is 0.521. The van der Waals surface area contributed by atoms with Crippen molar-refractivity contribution in [1.82, 2.24) is 0 Å². The van der Waals surface area contributed by atoms with Gasteiger partial charge in [0.2, 0.25) is 0 Å². The van der Waals surface area contributed by atoms with Gasteiger partial charge in [-0.15, -0.1) is 4.91 Å². The van der Waals surface area contributed by atoms with Crippen LogP contribution in [0.15, 0.2) is 41.6 Å². The van der Waals surface area contributed by atoms with Crippen molar-refractivity contribution in [3.05, 3.63) is 41.3 Å². The lowest BCUT2D eigenvalue weighted by Crippen LogP contribution is -2.22. The topological polar surface area (TPSA) is 32.7 Å². The van der Waals surface area contributed by atoms with Crippen LogP contribution in [0.2, 0.25) is 0 Å².